The molecule has 0 N–H and O–H groups in total. The van der Waals surface area contributed by atoms with E-state index < -0.39 is 0 Å². The number of aromatic nitrogens is 3. The summed E-state index contributed by atoms with van der Waals surface area (Å²) in [7, 11) is 0. The Bertz CT molecular complexity index is 778. The number of rotatable bonds is 3. The Morgan fingerprint density at radius 1 is 1.18 bits per heavy atom. The van der Waals surface area contributed by atoms with Crippen molar-refractivity contribution in [2.24, 2.45) is 0 Å². The van der Waals surface area contributed by atoms with E-state index in [1.807, 2.05) is 36.7 Å². The highest BCUT2D eigenvalue weighted by atomic mass is 35.5. The number of imidazole rings is 1. The molecule has 1 aromatic carbocycles. The van der Waals surface area contributed by atoms with E-state index in [-0.39, 0.29) is 0 Å². The average molecular weight is 315 g/mol. The molecule has 22 heavy (non-hydrogen) atoms. The molecule has 112 valence electrons. The largest absolute Gasteiger partial charge is 0.444 e. The normalized spacial score (nSPS) is 15.0. The lowest BCUT2D eigenvalue weighted by Gasteiger charge is -2.26. The van der Waals surface area contributed by atoms with Crippen molar-refractivity contribution >= 4 is 11.6 Å². The maximum Gasteiger partial charge on any atom is 0.226 e. The second-order valence-corrected chi connectivity index (χ2v) is 5.83. The molecule has 0 fully saturated rings. The van der Waals surface area contributed by atoms with Crippen LogP contribution in [-0.4, -0.2) is 26.0 Å². The van der Waals surface area contributed by atoms with E-state index in [2.05, 4.69) is 19.4 Å². The fourth-order valence-corrected chi connectivity index (χ4v) is 2.82. The van der Waals surface area contributed by atoms with Gasteiger partial charge in [-0.15, -0.1) is 0 Å². The van der Waals surface area contributed by atoms with Crippen LogP contribution in [-0.2, 0) is 19.6 Å². The first-order chi connectivity index (χ1) is 10.8. The van der Waals surface area contributed by atoms with Gasteiger partial charge in [-0.1, -0.05) is 11.6 Å². The second kappa shape index (κ2) is 5.59. The summed E-state index contributed by atoms with van der Waals surface area (Å²) in [6.45, 7) is 3.57. The van der Waals surface area contributed by atoms with Gasteiger partial charge in [0.25, 0.3) is 0 Å². The van der Waals surface area contributed by atoms with Crippen LogP contribution in [0.1, 0.15) is 11.5 Å². The van der Waals surface area contributed by atoms with Gasteiger partial charge in [-0.2, -0.15) is 0 Å². The van der Waals surface area contributed by atoms with Gasteiger partial charge in [0, 0.05) is 42.6 Å². The predicted molar refractivity (Wildman–Crippen MR) is 83.3 cm³/mol. The summed E-state index contributed by atoms with van der Waals surface area (Å²) in [4.78, 5) is 11.3. The fourth-order valence-electron chi connectivity index (χ4n) is 2.69. The predicted octanol–water partition coefficient (Wildman–Crippen LogP) is 3.21. The number of hydrogen-bond acceptors (Lipinski definition) is 4. The summed E-state index contributed by atoms with van der Waals surface area (Å²) < 4.78 is 7.78. The van der Waals surface area contributed by atoms with Gasteiger partial charge in [-0.25, -0.2) is 9.97 Å². The van der Waals surface area contributed by atoms with Gasteiger partial charge in [0.05, 0.1) is 12.2 Å². The average Bonchev–Trinajstić information content (AvgIpc) is 3.17. The molecule has 1 aliphatic rings. The zero-order valence-corrected chi connectivity index (χ0v) is 12.7. The molecule has 0 aliphatic carbocycles. The molecule has 3 aromatic rings. The van der Waals surface area contributed by atoms with Crippen LogP contribution in [0.3, 0.4) is 0 Å². The molecule has 6 heteroatoms. The smallest absolute Gasteiger partial charge is 0.226 e. The van der Waals surface area contributed by atoms with Crippen LogP contribution in [0.2, 0.25) is 5.02 Å². The summed E-state index contributed by atoms with van der Waals surface area (Å²) in [5, 5.41) is 0.708. The van der Waals surface area contributed by atoms with Crippen LogP contribution in [0, 0.1) is 0 Å². The Hall–Kier alpha value is -2.11. The summed E-state index contributed by atoms with van der Waals surface area (Å²) in [6.07, 6.45) is 5.61. The number of hydrogen-bond donors (Lipinski definition) is 0. The number of oxazole rings is 1. The Kier molecular flexibility index (Phi) is 3.44. The molecule has 3 heterocycles. The first kappa shape index (κ1) is 13.5. The van der Waals surface area contributed by atoms with Gasteiger partial charge in [-0.05, 0) is 24.3 Å². The molecule has 0 amide bonds. The number of halogens is 1. The third kappa shape index (κ3) is 2.65. The monoisotopic (exact) mass is 314 g/mol. The van der Waals surface area contributed by atoms with E-state index in [9.17, 15) is 0 Å². The molecular formula is C16H15ClN4O. The number of fused-ring (bicyclic) bond motifs is 1. The van der Waals surface area contributed by atoms with Crippen LogP contribution in [0.5, 0.6) is 0 Å². The fraction of sp³-hybridized carbons (Fsp3) is 0.250. The zero-order chi connectivity index (χ0) is 14.9. The van der Waals surface area contributed by atoms with E-state index in [1.165, 1.54) is 0 Å². The summed E-state index contributed by atoms with van der Waals surface area (Å²) >= 11 is 5.90. The van der Waals surface area contributed by atoms with Crippen molar-refractivity contribution in [2.45, 2.75) is 19.6 Å². The Labute approximate surface area is 133 Å². The Balaban J connectivity index is 1.47. The topological polar surface area (TPSA) is 47.1 Å². The van der Waals surface area contributed by atoms with Gasteiger partial charge in [0.15, 0.2) is 0 Å². The van der Waals surface area contributed by atoms with E-state index in [0.717, 1.165) is 43.3 Å². The van der Waals surface area contributed by atoms with Crippen LogP contribution < -0.4 is 0 Å². The minimum absolute atomic E-state index is 0.630. The third-order valence-electron chi connectivity index (χ3n) is 3.85. The molecule has 1 aliphatic heterocycles. The molecule has 0 spiro atoms. The quantitative estimate of drug-likeness (QED) is 0.745. The van der Waals surface area contributed by atoms with Gasteiger partial charge >= 0.3 is 0 Å². The molecule has 5 nitrogen and oxygen atoms in total. The maximum absolute atomic E-state index is 5.90. The van der Waals surface area contributed by atoms with Crippen molar-refractivity contribution in [1.82, 2.24) is 19.4 Å². The Morgan fingerprint density at radius 3 is 2.91 bits per heavy atom. The molecule has 0 radical (unpaired) electrons. The summed E-state index contributed by atoms with van der Waals surface area (Å²) in [6, 6.07) is 7.50. The summed E-state index contributed by atoms with van der Waals surface area (Å²) in [5.74, 6) is 1.73. The second-order valence-electron chi connectivity index (χ2n) is 5.40. The van der Waals surface area contributed by atoms with Gasteiger partial charge < -0.3 is 8.98 Å². The maximum atomic E-state index is 5.90. The van der Waals surface area contributed by atoms with Gasteiger partial charge in [-0.3, -0.25) is 4.90 Å². The molecule has 2 aromatic heterocycles. The molecule has 0 unspecified atom stereocenters. The SMILES string of the molecule is Clc1ccc(-c2nc(CN3CCn4ccnc4C3)co2)cc1. The number of nitrogens with zero attached hydrogens (tertiary/aromatic N) is 4. The van der Waals surface area contributed by atoms with E-state index >= 15 is 0 Å². The van der Waals surface area contributed by atoms with Crippen molar-refractivity contribution in [2.75, 3.05) is 6.54 Å². The van der Waals surface area contributed by atoms with Crippen LogP contribution >= 0.6 is 11.6 Å². The molecule has 0 saturated heterocycles. The lowest BCUT2D eigenvalue weighted by molar-refractivity contribution is 0.206. The van der Waals surface area contributed by atoms with Crippen molar-refractivity contribution < 1.29 is 4.42 Å². The lowest BCUT2D eigenvalue weighted by atomic mass is 10.2. The number of benzene rings is 1. The van der Waals surface area contributed by atoms with Crippen LogP contribution in [0.15, 0.2) is 47.3 Å². The van der Waals surface area contributed by atoms with Crippen LogP contribution in [0.4, 0.5) is 0 Å². The van der Waals surface area contributed by atoms with Gasteiger partial charge in [0.1, 0.15) is 12.1 Å². The molecule has 0 saturated carbocycles. The lowest BCUT2D eigenvalue weighted by Crippen LogP contribution is -2.33. The van der Waals surface area contributed by atoms with Crippen molar-refractivity contribution in [3.05, 3.63) is 59.5 Å². The van der Waals surface area contributed by atoms with Crippen LogP contribution in [0.25, 0.3) is 11.5 Å². The molecule has 0 bridgehead atoms. The third-order valence-corrected chi connectivity index (χ3v) is 4.10. The highest BCUT2D eigenvalue weighted by Crippen LogP contribution is 2.22. The first-order valence-corrected chi connectivity index (χ1v) is 7.58. The Morgan fingerprint density at radius 2 is 2.05 bits per heavy atom. The molecule has 4 rings (SSSR count). The standard InChI is InChI=1S/C16H15ClN4O/c17-13-3-1-12(2-4-13)16-19-14(11-22-16)9-20-7-8-21-6-5-18-15(21)10-20/h1-6,11H,7-10H2. The highest BCUT2D eigenvalue weighted by Gasteiger charge is 2.18. The minimum atomic E-state index is 0.630. The van der Waals surface area contributed by atoms with E-state index in [0.29, 0.717) is 10.9 Å². The first-order valence-electron chi connectivity index (χ1n) is 7.21. The van der Waals surface area contributed by atoms with E-state index in [4.69, 9.17) is 16.0 Å². The van der Waals surface area contributed by atoms with Crippen molar-refractivity contribution in [3.8, 4) is 11.5 Å². The van der Waals surface area contributed by atoms with Crippen molar-refractivity contribution in [3.63, 3.8) is 0 Å². The highest BCUT2D eigenvalue weighted by molar-refractivity contribution is 6.30. The molecule has 0 atom stereocenters. The van der Waals surface area contributed by atoms with Gasteiger partial charge in [0.2, 0.25) is 5.89 Å². The van der Waals surface area contributed by atoms with E-state index in [1.54, 1.807) is 6.26 Å². The minimum Gasteiger partial charge on any atom is -0.444 e. The zero-order valence-electron chi connectivity index (χ0n) is 11.9. The summed E-state index contributed by atoms with van der Waals surface area (Å²) in [5.41, 5.74) is 1.87. The molecular weight excluding hydrogens is 300 g/mol. The van der Waals surface area contributed by atoms with Crippen molar-refractivity contribution in [1.29, 1.82) is 0 Å².